The Hall–Kier alpha value is -1.06. The van der Waals surface area contributed by atoms with Gasteiger partial charge in [0, 0.05) is 12.2 Å². The fourth-order valence-corrected chi connectivity index (χ4v) is 1.89. The predicted octanol–water partition coefficient (Wildman–Crippen LogP) is 2.19. The molecule has 0 aromatic carbocycles. The maximum absolute atomic E-state index is 6.12. The fourth-order valence-electron chi connectivity index (χ4n) is 1.71. The molecule has 0 radical (unpaired) electrons. The maximum Gasteiger partial charge on any atom is 0.141 e. The number of pyridine rings is 1. The summed E-state index contributed by atoms with van der Waals surface area (Å²) in [5.41, 5.74) is 8.70. The van der Waals surface area contributed by atoms with Crippen molar-refractivity contribution in [2.24, 2.45) is 5.73 Å². The van der Waals surface area contributed by atoms with Crippen LogP contribution in [-0.2, 0) is 6.42 Å². The zero-order valence-corrected chi connectivity index (χ0v) is 9.62. The van der Waals surface area contributed by atoms with E-state index in [9.17, 15) is 0 Å². The van der Waals surface area contributed by atoms with Crippen LogP contribution in [0.4, 0.5) is 0 Å². The third-order valence-corrected chi connectivity index (χ3v) is 2.83. The number of hydrogen-bond acceptors (Lipinski definition) is 2. The van der Waals surface area contributed by atoms with Crippen LogP contribution in [0.3, 0.4) is 0 Å². The van der Waals surface area contributed by atoms with Crippen LogP contribution in [0, 0.1) is 6.92 Å². The maximum atomic E-state index is 6.12. The monoisotopic (exact) mass is 223 g/mol. The molecular weight excluding hydrogens is 210 g/mol. The van der Waals surface area contributed by atoms with Crippen molar-refractivity contribution in [2.75, 3.05) is 0 Å². The molecule has 2 aromatic heterocycles. The van der Waals surface area contributed by atoms with Crippen LogP contribution in [-0.4, -0.2) is 15.4 Å². The molecule has 2 rings (SSSR count). The fraction of sp³-hybridized carbons (Fsp3) is 0.364. The van der Waals surface area contributed by atoms with E-state index in [1.807, 2.05) is 36.6 Å². The Morgan fingerprint density at radius 2 is 2.33 bits per heavy atom. The minimum Gasteiger partial charge on any atom is -0.328 e. The van der Waals surface area contributed by atoms with Crippen LogP contribution in [0.1, 0.15) is 18.2 Å². The third kappa shape index (κ3) is 1.85. The molecule has 0 spiro atoms. The SMILES string of the molecule is Cc1nc2c(CC(C)N)cccn2c1Cl. The number of nitrogens with two attached hydrogens (primary N) is 1. The summed E-state index contributed by atoms with van der Waals surface area (Å²) in [6, 6.07) is 4.14. The smallest absolute Gasteiger partial charge is 0.141 e. The van der Waals surface area contributed by atoms with E-state index < -0.39 is 0 Å². The highest BCUT2D eigenvalue weighted by Gasteiger charge is 2.10. The summed E-state index contributed by atoms with van der Waals surface area (Å²) < 4.78 is 1.90. The molecule has 4 heteroatoms. The molecule has 2 aromatic rings. The number of rotatable bonds is 2. The standard InChI is InChI=1S/C11H14ClN3/c1-7(13)6-9-4-3-5-15-10(12)8(2)14-11(9)15/h3-5,7H,6,13H2,1-2H3. The number of nitrogens with zero attached hydrogens (tertiary/aromatic N) is 2. The lowest BCUT2D eigenvalue weighted by Gasteiger charge is -2.06. The quantitative estimate of drug-likeness (QED) is 0.848. The summed E-state index contributed by atoms with van der Waals surface area (Å²) in [5.74, 6) is 0. The number of hydrogen-bond donors (Lipinski definition) is 1. The Morgan fingerprint density at radius 3 is 3.00 bits per heavy atom. The van der Waals surface area contributed by atoms with Gasteiger partial charge in [-0.1, -0.05) is 17.7 Å². The highest BCUT2D eigenvalue weighted by atomic mass is 35.5. The van der Waals surface area contributed by atoms with Gasteiger partial charge < -0.3 is 5.73 Å². The number of aryl methyl sites for hydroxylation is 1. The summed E-state index contributed by atoms with van der Waals surface area (Å²) in [5, 5.41) is 0.677. The van der Waals surface area contributed by atoms with Crippen LogP contribution in [0.5, 0.6) is 0 Å². The van der Waals surface area contributed by atoms with Gasteiger partial charge in [0.15, 0.2) is 0 Å². The van der Waals surface area contributed by atoms with Crippen molar-refractivity contribution in [1.29, 1.82) is 0 Å². The minimum atomic E-state index is 0.131. The molecule has 2 heterocycles. The largest absolute Gasteiger partial charge is 0.328 e. The van der Waals surface area contributed by atoms with Gasteiger partial charge in [-0.25, -0.2) is 4.98 Å². The Labute approximate surface area is 93.9 Å². The van der Waals surface area contributed by atoms with Gasteiger partial charge in [-0.05, 0) is 31.9 Å². The van der Waals surface area contributed by atoms with Gasteiger partial charge in [-0.15, -0.1) is 0 Å². The molecule has 0 saturated heterocycles. The molecule has 0 fully saturated rings. The van der Waals surface area contributed by atoms with Gasteiger partial charge >= 0.3 is 0 Å². The summed E-state index contributed by atoms with van der Waals surface area (Å²) in [6.07, 6.45) is 2.74. The predicted molar refractivity (Wildman–Crippen MR) is 62.3 cm³/mol. The number of fused-ring (bicyclic) bond motifs is 1. The first-order valence-corrected chi connectivity index (χ1v) is 5.35. The zero-order chi connectivity index (χ0) is 11.0. The summed E-state index contributed by atoms with van der Waals surface area (Å²) in [4.78, 5) is 4.44. The molecule has 0 bridgehead atoms. The molecule has 2 N–H and O–H groups in total. The number of imidazole rings is 1. The van der Waals surface area contributed by atoms with Gasteiger partial charge in [0.05, 0.1) is 5.69 Å². The molecule has 0 saturated carbocycles. The van der Waals surface area contributed by atoms with E-state index in [0.29, 0.717) is 5.15 Å². The third-order valence-electron chi connectivity index (χ3n) is 2.37. The van der Waals surface area contributed by atoms with E-state index in [4.69, 9.17) is 17.3 Å². The Morgan fingerprint density at radius 1 is 1.60 bits per heavy atom. The first-order chi connectivity index (χ1) is 7.09. The van der Waals surface area contributed by atoms with E-state index in [2.05, 4.69) is 4.98 Å². The molecule has 0 aliphatic rings. The lowest BCUT2D eigenvalue weighted by Crippen LogP contribution is -2.18. The van der Waals surface area contributed by atoms with E-state index in [1.54, 1.807) is 0 Å². The normalized spacial score (nSPS) is 13.3. The molecule has 1 atom stereocenters. The van der Waals surface area contributed by atoms with Gasteiger partial charge in [0.25, 0.3) is 0 Å². The summed E-state index contributed by atoms with van der Waals surface area (Å²) >= 11 is 6.12. The minimum absolute atomic E-state index is 0.131. The molecule has 15 heavy (non-hydrogen) atoms. The Kier molecular flexibility index (Phi) is 2.67. The molecule has 80 valence electrons. The van der Waals surface area contributed by atoms with Gasteiger partial charge in [-0.2, -0.15) is 0 Å². The summed E-state index contributed by atoms with van der Waals surface area (Å²) in [7, 11) is 0. The molecule has 0 aliphatic heterocycles. The van der Waals surface area contributed by atoms with Crippen LogP contribution in [0.25, 0.3) is 5.65 Å². The zero-order valence-electron chi connectivity index (χ0n) is 8.87. The second kappa shape index (κ2) is 3.83. The first-order valence-electron chi connectivity index (χ1n) is 4.97. The Bertz CT molecular complexity index is 488. The van der Waals surface area contributed by atoms with Crippen molar-refractivity contribution in [3.63, 3.8) is 0 Å². The van der Waals surface area contributed by atoms with Gasteiger partial charge in [0.1, 0.15) is 10.8 Å². The van der Waals surface area contributed by atoms with Crippen molar-refractivity contribution in [1.82, 2.24) is 9.38 Å². The lowest BCUT2D eigenvalue weighted by atomic mass is 10.1. The average molecular weight is 224 g/mol. The first kappa shape index (κ1) is 10.5. The van der Waals surface area contributed by atoms with Crippen LogP contribution >= 0.6 is 11.6 Å². The van der Waals surface area contributed by atoms with Crippen LogP contribution < -0.4 is 5.73 Å². The van der Waals surface area contributed by atoms with Gasteiger partial charge in [0.2, 0.25) is 0 Å². The van der Waals surface area contributed by atoms with E-state index >= 15 is 0 Å². The molecule has 3 nitrogen and oxygen atoms in total. The number of aromatic nitrogens is 2. The van der Waals surface area contributed by atoms with Crippen molar-refractivity contribution < 1.29 is 0 Å². The topological polar surface area (TPSA) is 43.3 Å². The van der Waals surface area contributed by atoms with E-state index in [0.717, 1.165) is 23.3 Å². The van der Waals surface area contributed by atoms with Crippen molar-refractivity contribution in [3.05, 3.63) is 34.7 Å². The van der Waals surface area contributed by atoms with E-state index in [1.165, 1.54) is 0 Å². The highest BCUT2D eigenvalue weighted by Crippen LogP contribution is 2.20. The van der Waals surface area contributed by atoms with Crippen LogP contribution in [0.2, 0.25) is 5.15 Å². The van der Waals surface area contributed by atoms with Crippen LogP contribution in [0.15, 0.2) is 18.3 Å². The highest BCUT2D eigenvalue weighted by molar-refractivity contribution is 6.30. The number of halogens is 1. The van der Waals surface area contributed by atoms with Crippen molar-refractivity contribution in [2.45, 2.75) is 26.3 Å². The summed E-state index contributed by atoms with van der Waals surface area (Å²) in [6.45, 7) is 3.89. The molecular formula is C11H14ClN3. The molecule has 0 aliphatic carbocycles. The van der Waals surface area contributed by atoms with Gasteiger partial charge in [-0.3, -0.25) is 4.40 Å². The second-order valence-corrected chi connectivity index (χ2v) is 4.25. The molecule has 1 unspecified atom stereocenters. The van der Waals surface area contributed by atoms with Crippen molar-refractivity contribution in [3.8, 4) is 0 Å². The average Bonchev–Trinajstić information content (AvgIpc) is 2.45. The van der Waals surface area contributed by atoms with E-state index in [-0.39, 0.29) is 6.04 Å². The van der Waals surface area contributed by atoms with Crippen molar-refractivity contribution >= 4 is 17.2 Å². The lowest BCUT2D eigenvalue weighted by molar-refractivity contribution is 0.738. The Balaban J connectivity index is 2.61. The molecule has 0 amide bonds. The second-order valence-electron chi connectivity index (χ2n) is 3.90.